The van der Waals surface area contributed by atoms with Gasteiger partial charge in [-0.25, -0.2) is 4.98 Å². The van der Waals surface area contributed by atoms with E-state index >= 15 is 0 Å². The Morgan fingerprint density at radius 1 is 1.50 bits per heavy atom. The van der Waals surface area contributed by atoms with Crippen molar-refractivity contribution in [3.05, 3.63) is 11.3 Å². The molecule has 0 saturated heterocycles. The summed E-state index contributed by atoms with van der Waals surface area (Å²) in [5, 5.41) is 10.4. The number of hydrogen-bond acceptors (Lipinski definition) is 4. The maximum Gasteiger partial charge on any atom is 1.00 e. The Labute approximate surface area is 105 Å². The van der Waals surface area contributed by atoms with Gasteiger partial charge in [0.25, 0.3) is 0 Å². The van der Waals surface area contributed by atoms with E-state index in [1.54, 1.807) is 0 Å². The van der Waals surface area contributed by atoms with Crippen LogP contribution in [-0.2, 0) is 0 Å². The minimum atomic E-state index is -0.538. The van der Waals surface area contributed by atoms with Crippen LogP contribution in [0, 0.1) is 0 Å². The first-order valence-electron chi connectivity index (χ1n) is 2.15. The van der Waals surface area contributed by atoms with Gasteiger partial charge < -0.3 is 10.8 Å². The number of nitrogens with two attached hydrogens (primary N) is 1. The van der Waals surface area contributed by atoms with Gasteiger partial charge >= 0.3 is 51.4 Å². The Morgan fingerprint density at radius 3 is 2.50 bits per heavy atom. The van der Waals surface area contributed by atoms with Crippen LogP contribution < -0.4 is 62.2 Å². The molecule has 1 rings (SSSR count). The van der Waals surface area contributed by atoms with Crippen molar-refractivity contribution in [2.75, 3.05) is 5.73 Å². The maximum atomic E-state index is 10.5. The summed E-state index contributed by atoms with van der Waals surface area (Å²) >= 11 is 5.32. The summed E-state index contributed by atoms with van der Waals surface area (Å²) in [6.45, 7) is 0. The number of hydrogen-bond donors (Lipinski definition) is 1. The molecule has 0 aliphatic carbocycles. The Kier molecular flexibility index (Phi) is 4.75. The van der Waals surface area contributed by atoms with Gasteiger partial charge in [-0.05, 0) is 0 Å². The molecule has 0 radical (unpaired) electrons. The number of anilines is 1. The van der Waals surface area contributed by atoms with Gasteiger partial charge in [0, 0.05) is 5.88 Å². The van der Waals surface area contributed by atoms with Gasteiger partial charge in [-0.1, -0.05) is 11.6 Å². The monoisotopic (exact) mass is 183 g/mol. The summed E-state index contributed by atoms with van der Waals surface area (Å²) < 4.78 is 0. The SMILES string of the molecule is Nc1ncnc([O-])c1Cl.[K+]. The van der Waals surface area contributed by atoms with Crippen LogP contribution >= 0.6 is 11.6 Å². The third kappa shape index (κ3) is 2.33. The van der Waals surface area contributed by atoms with Crippen LogP contribution in [0.2, 0.25) is 5.02 Å². The van der Waals surface area contributed by atoms with Gasteiger partial charge in [0.2, 0.25) is 0 Å². The number of rotatable bonds is 0. The largest absolute Gasteiger partial charge is 1.00 e. The van der Waals surface area contributed by atoms with Crippen molar-refractivity contribution in [3.8, 4) is 5.88 Å². The molecule has 0 aromatic carbocycles. The third-order valence-corrected chi connectivity index (χ3v) is 1.14. The molecule has 1 aromatic rings. The predicted molar refractivity (Wildman–Crippen MR) is 30.9 cm³/mol. The molecule has 6 heteroatoms. The van der Waals surface area contributed by atoms with Crippen molar-refractivity contribution in [2.24, 2.45) is 0 Å². The van der Waals surface area contributed by atoms with E-state index in [-0.39, 0.29) is 62.2 Å². The van der Waals surface area contributed by atoms with E-state index in [2.05, 4.69) is 9.97 Å². The molecule has 10 heavy (non-hydrogen) atoms. The molecule has 0 amide bonds. The predicted octanol–water partition coefficient (Wildman–Crippen LogP) is -3.21. The second kappa shape index (κ2) is 4.48. The first-order chi connectivity index (χ1) is 4.22. The second-order valence-corrected chi connectivity index (χ2v) is 1.76. The quantitative estimate of drug-likeness (QED) is 0.430. The standard InChI is InChI=1S/C4H4ClN3O.K/c5-2-3(6)7-1-8-4(2)9;/h1H,(H3,6,7,8,9);/q;+1/p-1. The average molecular weight is 184 g/mol. The van der Waals surface area contributed by atoms with E-state index in [0.717, 1.165) is 6.33 Å². The maximum absolute atomic E-state index is 10.5. The minimum absolute atomic E-state index is 0. The van der Waals surface area contributed by atoms with Gasteiger partial charge in [0.15, 0.2) is 0 Å². The fourth-order valence-electron chi connectivity index (χ4n) is 0.366. The summed E-state index contributed by atoms with van der Waals surface area (Å²) in [6, 6.07) is 0. The Balaban J connectivity index is 0.000000810. The summed E-state index contributed by atoms with van der Waals surface area (Å²) in [5.41, 5.74) is 5.14. The van der Waals surface area contributed by atoms with Crippen molar-refractivity contribution in [1.29, 1.82) is 0 Å². The smallest absolute Gasteiger partial charge is 0.857 e. The summed E-state index contributed by atoms with van der Waals surface area (Å²) in [6.07, 6.45) is 1.07. The molecule has 0 saturated carbocycles. The molecule has 1 heterocycles. The van der Waals surface area contributed by atoms with E-state index in [1.807, 2.05) is 0 Å². The number of aromatic nitrogens is 2. The molecule has 4 nitrogen and oxygen atoms in total. The molecule has 2 N–H and O–H groups in total. The molecule has 48 valence electrons. The molecule has 0 aliphatic rings. The normalized spacial score (nSPS) is 8.50. The van der Waals surface area contributed by atoms with Crippen molar-refractivity contribution in [1.82, 2.24) is 9.97 Å². The summed E-state index contributed by atoms with van der Waals surface area (Å²) in [7, 11) is 0. The van der Waals surface area contributed by atoms with Crippen molar-refractivity contribution in [2.45, 2.75) is 0 Å². The molecule has 0 bridgehead atoms. The van der Waals surface area contributed by atoms with Gasteiger partial charge in [-0.3, -0.25) is 4.98 Å². The van der Waals surface area contributed by atoms with E-state index in [1.165, 1.54) is 0 Å². The van der Waals surface area contributed by atoms with E-state index in [0.29, 0.717) is 0 Å². The molecule has 0 spiro atoms. The zero-order valence-electron chi connectivity index (χ0n) is 5.34. The van der Waals surface area contributed by atoms with Crippen LogP contribution in [0.15, 0.2) is 6.33 Å². The van der Waals surface area contributed by atoms with E-state index in [4.69, 9.17) is 17.3 Å². The van der Waals surface area contributed by atoms with Crippen molar-refractivity contribution >= 4 is 17.4 Å². The summed E-state index contributed by atoms with van der Waals surface area (Å²) in [5.74, 6) is -0.513. The van der Waals surface area contributed by atoms with Gasteiger partial charge in [0.1, 0.15) is 12.1 Å². The van der Waals surface area contributed by atoms with Crippen LogP contribution in [-0.4, -0.2) is 9.97 Å². The summed E-state index contributed by atoms with van der Waals surface area (Å²) in [4.78, 5) is 6.74. The zero-order chi connectivity index (χ0) is 6.85. The molecule has 1 aromatic heterocycles. The molecular formula is C4H3ClKN3O. The molecular weight excluding hydrogens is 181 g/mol. The van der Waals surface area contributed by atoms with Gasteiger partial charge in [-0.15, -0.1) is 0 Å². The van der Waals surface area contributed by atoms with Gasteiger partial charge in [0.05, 0.1) is 5.02 Å². The zero-order valence-corrected chi connectivity index (χ0v) is 9.21. The van der Waals surface area contributed by atoms with Crippen LogP contribution in [0.5, 0.6) is 5.88 Å². The van der Waals surface area contributed by atoms with E-state index in [9.17, 15) is 5.11 Å². The fourth-order valence-corrected chi connectivity index (χ4v) is 0.464. The average Bonchev–Trinajstić information content (AvgIpc) is 1.83. The van der Waals surface area contributed by atoms with Crippen LogP contribution in [0.4, 0.5) is 5.82 Å². The Bertz CT molecular complexity index is 211. The van der Waals surface area contributed by atoms with Gasteiger partial charge in [-0.2, -0.15) is 0 Å². The Morgan fingerprint density at radius 2 is 2.10 bits per heavy atom. The van der Waals surface area contributed by atoms with E-state index < -0.39 is 5.88 Å². The molecule has 0 atom stereocenters. The number of nitrogen functional groups attached to an aromatic ring is 1. The van der Waals surface area contributed by atoms with Crippen LogP contribution in [0.3, 0.4) is 0 Å². The molecule has 0 fully saturated rings. The van der Waals surface area contributed by atoms with Crippen LogP contribution in [0.25, 0.3) is 0 Å². The fraction of sp³-hybridized carbons (Fsp3) is 0. The Hall–Kier alpha value is 0.606. The minimum Gasteiger partial charge on any atom is -0.857 e. The third-order valence-electron chi connectivity index (χ3n) is 0.784. The topological polar surface area (TPSA) is 74.9 Å². The second-order valence-electron chi connectivity index (χ2n) is 1.38. The molecule has 0 unspecified atom stereocenters. The van der Waals surface area contributed by atoms with Crippen LogP contribution in [0.1, 0.15) is 0 Å². The molecule has 0 aliphatic heterocycles. The van der Waals surface area contributed by atoms with Crippen molar-refractivity contribution < 1.29 is 56.5 Å². The first kappa shape index (κ1) is 10.6. The number of nitrogens with zero attached hydrogens (tertiary/aromatic N) is 2. The van der Waals surface area contributed by atoms with Crippen molar-refractivity contribution in [3.63, 3.8) is 0 Å². The number of halogens is 1. The first-order valence-corrected chi connectivity index (χ1v) is 2.52.